The van der Waals surface area contributed by atoms with Gasteiger partial charge in [0.15, 0.2) is 0 Å². The standard InChI is InChI=1S/C10H15NO2/c1-10(13)5-3-2-4-9(10)8-11-6-7-12/h2-4,8,12-13H,5-7H2,1H3. The van der Waals surface area contributed by atoms with Gasteiger partial charge in [-0.15, -0.1) is 0 Å². The summed E-state index contributed by atoms with van der Waals surface area (Å²) in [6.07, 6.45) is 7.90. The first-order valence-electron chi connectivity index (χ1n) is 4.37. The van der Waals surface area contributed by atoms with Crippen LogP contribution in [-0.2, 0) is 0 Å². The molecule has 3 heteroatoms. The molecule has 0 aliphatic heterocycles. The van der Waals surface area contributed by atoms with E-state index in [0.29, 0.717) is 13.0 Å². The summed E-state index contributed by atoms with van der Waals surface area (Å²) < 4.78 is 0. The number of aliphatic hydroxyl groups is 2. The van der Waals surface area contributed by atoms with Crippen LogP contribution in [0.15, 0.2) is 28.8 Å². The quantitative estimate of drug-likeness (QED) is 0.629. The Kier molecular flexibility index (Phi) is 3.39. The van der Waals surface area contributed by atoms with Gasteiger partial charge >= 0.3 is 0 Å². The number of nitrogens with zero attached hydrogens (tertiary/aromatic N) is 1. The molecule has 0 saturated heterocycles. The Hall–Kier alpha value is -0.930. The summed E-state index contributed by atoms with van der Waals surface area (Å²) in [7, 11) is 0. The molecule has 1 atom stereocenters. The number of rotatable bonds is 3. The van der Waals surface area contributed by atoms with Gasteiger partial charge in [0.1, 0.15) is 0 Å². The molecule has 1 aliphatic rings. The number of aliphatic hydroxyl groups excluding tert-OH is 1. The molecule has 0 spiro atoms. The SMILES string of the molecule is CC1(O)CC=CC=C1C=NCCO. The van der Waals surface area contributed by atoms with Gasteiger partial charge in [0, 0.05) is 11.8 Å². The van der Waals surface area contributed by atoms with Crippen LogP contribution >= 0.6 is 0 Å². The minimum atomic E-state index is -0.812. The van der Waals surface area contributed by atoms with Gasteiger partial charge in [0.05, 0.1) is 18.8 Å². The molecule has 1 unspecified atom stereocenters. The Bertz CT molecular complexity index is 252. The molecule has 0 aromatic carbocycles. The largest absolute Gasteiger partial charge is 0.394 e. The Labute approximate surface area is 78.1 Å². The van der Waals surface area contributed by atoms with Gasteiger partial charge < -0.3 is 10.2 Å². The van der Waals surface area contributed by atoms with Crippen molar-refractivity contribution in [1.29, 1.82) is 0 Å². The van der Waals surface area contributed by atoms with E-state index in [0.717, 1.165) is 5.57 Å². The maximum atomic E-state index is 9.86. The number of hydrogen-bond acceptors (Lipinski definition) is 3. The van der Waals surface area contributed by atoms with Crippen molar-refractivity contribution in [3.63, 3.8) is 0 Å². The van der Waals surface area contributed by atoms with Crippen LogP contribution in [0.3, 0.4) is 0 Å². The zero-order valence-electron chi connectivity index (χ0n) is 7.77. The zero-order chi connectivity index (χ0) is 9.73. The van der Waals surface area contributed by atoms with Crippen LogP contribution in [0.1, 0.15) is 13.3 Å². The molecule has 1 rings (SSSR count). The predicted octanol–water partition coefficient (Wildman–Crippen LogP) is 0.687. The third kappa shape index (κ3) is 2.79. The highest BCUT2D eigenvalue weighted by molar-refractivity contribution is 5.82. The highest BCUT2D eigenvalue weighted by Crippen LogP contribution is 2.23. The van der Waals surface area contributed by atoms with E-state index in [4.69, 9.17) is 5.11 Å². The number of allylic oxidation sites excluding steroid dienone is 2. The van der Waals surface area contributed by atoms with Gasteiger partial charge in [-0.25, -0.2) is 0 Å². The third-order valence-corrected chi connectivity index (χ3v) is 2.01. The van der Waals surface area contributed by atoms with Crippen molar-refractivity contribution in [2.75, 3.05) is 13.2 Å². The third-order valence-electron chi connectivity index (χ3n) is 2.01. The van der Waals surface area contributed by atoms with Gasteiger partial charge in [0.2, 0.25) is 0 Å². The van der Waals surface area contributed by atoms with Crippen molar-refractivity contribution in [3.8, 4) is 0 Å². The number of aliphatic imine (C=N–C) groups is 1. The molecular weight excluding hydrogens is 166 g/mol. The lowest BCUT2D eigenvalue weighted by Gasteiger charge is -2.24. The summed E-state index contributed by atoms with van der Waals surface area (Å²) in [4.78, 5) is 3.97. The minimum absolute atomic E-state index is 0.0434. The molecule has 0 aromatic rings. The molecule has 0 fully saturated rings. The van der Waals surface area contributed by atoms with Crippen molar-refractivity contribution in [1.82, 2.24) is 0 Å². The van der Waals surface area contributed by atoms with Crippen molar-refractivity contribution in [2.24, 2.45) is 4.99 Å². The average Bonchev–Trinajstić information content (AvgIpc) is 2.08. The van der Waals surface area contributed by atoms with Crippen LogP contribution in [0.2, 0.25) is 0 Å². The van der Waals surface area contributed by atoms with Crippen molar-refractivity contribution >= 4 is 6.21 Å². The molecule has 0 radical (unpaired) electrons. The van der Waals surface area contributed by atoms with Gasteiger partial charge in [-0.05, 0) is 13.3 Å². The van der Waals surface area contributed by atoms with E-state index in [-0.39, 0.29) is 6.61 Å². The maximum Gasteiger partial charge on any atom is 0.0917 e. The molecule has 2 N–H and O–H groups in total. The Morgan fingerprint density at radius 1 is 1.69 bits per heavy atom. The Balaban J connectivity index is 2.65. The molecule has 0 saturated carbocycles. The van der Waals surface area contributed by atoms with Gasteiger partial charge in [-0.1, -0.05) is 18.2 Å². The summed E-state index contributed by atoms with van der Waals surface area (Å²) >= 11 is 0. The monoisotopic (exact) mass is 181 g/mol. The van der Waals surface area contributed by atoms with E-state index < -0.39 is 5.60 Å². The Morgan fingerprint density at radius 3 is 3.08 bits per heavy atom. The van der Waals surface area contributed by atoms with Crippen LogP contribution in [0.25, 0.3) is 0 Å². The van der Waals surface area contributed by atoms with Crippen LogP contribution < -0.4 is 0 Å². The zero-order valence-corrected chi connectivity index (χ0v) is 7.77. The first-order chi connectivity index (χ1) is 6.17. The highest BCUT2D eigenvalue weighted by atomic mass is 16.3. The molecule has 72 valence electrons. The predicted molar refractivity (Wildman–Crippen MR) is 52.9 cm³/mol. The van der Waals surface area contributed by atoms with Gasteiger partial charge in [-0.2, -0.15) is 0 Å². The summed E-state index contributed by atoms with van der Waals surface area (Å²) in [6, 6.07) is 0. The maximum absolute atomic E-state index is 9.86. The molecule has 0 amide bonds. The van der Waals surface area contributed by atoms with Gasteiger partial charge in [0.25, 0.3) is 0 Å². The first-order valence-corrected chi connectivity index (χ1v) is 4.37. The topological polar surface area (TPSA) is 52.8 Å². The summed E-state index contributed by atoms with van der Waals surface area (Å²) in [5.74, 6) is 0. The molecule has 3 nitrogen and oxygen atoms in total. The number of hydrogen-bond donors (Lipinski definition) is 2. The molecule has 13 heavy (non-hydrogen) atoms. The van der Waals surface area contributed by atoms with E-state index in [1.165, 1.54) is 0 Å². The smallest absolute Gasteiger partial charge is 0.0917 e. The van der Waals surface area contributed by atoms with Crippen molar-refractivity contribution in [3.05, 3.63) is 23.8 Å². The summed E-state index contributed by atoms with van der Waals surface area (Å²) in [5, 5.41) is 18.4. The van der Waals surface area contributed by atoms with Gasteiger partial charge in [-0.3, -0.25) is 4.99 Å². The lowest BCUT2D eigenvalue weighted by atomic mass is 9.89. The highest BCUT2D eigenvalue weighted by Gasteiger charge is 2.24. The summed E-state index contributed by atoms with van der Waals surface area (Å²) in [6.45, 7) is 2.19. The molecule has 0 aromatic heterocycles. The molecule has 0 bridgehead atoms. The fourth-order valence-corrected chi connectivity index (χ4v) is 1.17. The average molecular weight is 181 g/mol. The van der Waals surface area contributed by atoms with E-state index in [2.05, 4.69) is 4.99 Å². The second-order valence-corrected chi connectivity index (χ2v) is 3.29. The second kappa shape index (κ2) is 4.35. The fourth-order valence-electron chi connectivity index (χ4n) is 1.17. The normalized spacial score (nSPS) is 28.1. The first kappa shape index (κ1) is 10.2. The van der Waals surface area contributed by atoms with Crippen LogP contribution in [0.5, 0.6) is 0 Å². The second-order valence-electron chi connectivity index (χ2n) is 3.29. The van der Waals surface area contributed by atoms with Crippen molar-refractivity contribution in [2.45, 2.75) is 18.9 Å². The van der Waals surface area contributed by atoms with E-state index in [9.17, 15) is 5.11 Å². The van der Waals surface area contributed by atoms with Crippen LogP contribution in [-0.4, -0.2) is 35.2 Å². The molecule has 1 aliphatic carbocycles. The minimum Gasteiger partial charge on any atom is -0.394 e. The Morgan fingerprint density at radius 2 is 2.46 bits per heavy atom. The van der Waals surface area contributed by atoms with Crippen LogP contribution in [0, 0.1) is 0 Å². The van der Waals surface area contributed by atoms with E-state index >= 15 is 0 Å². The lowest BCUT2D eigenvalue weighted by molar-refractivity contribution is 0.107. The lowest BCUT2D eigenvalue weighted by Crippen LogP contribution is -2.28. The van der Waals surface area contributed by atoms with E-state index in [1.807, 2.05) is 18.2 Å². The summed E-state index contributed by atoms with van der Waals surface area (Å²) in [5.41, 5.74) is -0.0169. The van der Waals surface area contributed by atoms with E-state index in [1.54, 1.807) is 13.1 Å². The fraction of sp³-hybridized carbons (Fsp3) is 0.500. The molecule has 0 heterocycles. The van der Waals surface area contributed by atoms with Crippen LogP contribution in [0.4, 0.5) is 0 Å². The molecular formula is C10H15NO2. The van der Waals surface area contributed by atoms with Crippen molar-refractivity contribution < 1.29 is 10.2 Å².